The quantitative estimate of drug-likeness (QED) is 0.489. The van der Waals surface area contributed by atoms with Crippen molar-refractivity contribution in [1.29, 1.82) is 0 Å². The van der Waals surface area contributed by atoms with Crippen molar-refractivity contribution in [1.82, 2.24) is 34.6 Å². The summed E-state index contributed by atoms with van der Waals surface area (Å²) in [6, 6.07) is 9.90. The summed E-state index contributed by atoms with van der Waals surface area (Å²) in [5, 5.41) is 8.55. The Morgan fingerprint density at radius 3 is 2.84 bits per heavy atom. The number of carbonyl (C=O) groups excluding carboxylic acids is 1. The smallest absolute Gasteiger partial charge is 0.293 e. The fraction of sp³-hybridized carbons (Fsp3) is 0.391. The molecule has 0 N–H and O–H groups in total. The van der Waals surface area contributed by atoms with Crippen LogP contribution in [-0.2, 0) is 6.42 Å². The third-order valence-corrected chi connectivity index (χ3v) is 5.93. The molecule has 164 valence electrons. The number of carbonyl (C=O) groups is 1. The van der Waals surface area contributed by atoms with Gasteiger partial charge in [-0.05, 0) is 51.2 Å². The minimum Gasteiger partial charge on any atom is -0.339 e. The summed E-state index contributed by atoms with van der Waals surface area (Å²) in [6.07, 6.45) is 2.56. The van der Waals surface area contributed by atoms with Gasteiger partial charge in [0.1, 0.15) is 0 Å². The maximum atomic E-state index is 13.1. The molecule has 1 aromatic carbocycles. The van der Waals surface area contributed by atoms with E-state index in [1.165, 1.54) is 0 Å². The van der Waals surface area contributed by atoms with Crippen LogP contribution in [0.25, 0.3) is 17.2 Å². The molecule has 4 heterocycles. The Labute approximate surface area is 185 Å². The van der Waals surface area contributed by atoms with Gasteiger partial charge in [0.25, 0.3) is 11.7 Å². The predicted octanol–water partition coefficient (Wildman–Crippen LogP) is 3.19. The van der Waals surface area contributed by atoms with Gasteiger partial charge >= 0.3 is 0 Å². The van der Waals surface area contributed by atoms with E-state index < -0.39 is 0 Å². The van der Waals surface area contributed by atoms with E-state index in [0.29, 0.717) is 37.0 Å². The van der Waals surface area contributed by atoms with Crippen molar-refractivity contribution in [3.05, 3.63) is 59.0 Å². The van der Waals surface area contributed by atoms with E-state index in [-0.39, 0.29) is 17.6 Å². The summed E-state index contributed by atoms with van der Waals surface area (Å²) >= 11 is 0. The first kappa shape index (κ1) is 20.3. The van der Waals surface area contributed by atoms with Crippen LogP contribution in [0, 0.1) is 26.7 Å². The van der Waals surface area contributed by atoms with Crippen LogP contribution in [-0.4, -0.2) is 53.6 Å². The molecule has 1 amide bonds. The largest absolute Gasteiger partial charge is 0.339 e. The van der Waals surface area contributed by atoms with Crippen LogP contribution in [0.1, 0.15) is 46.3 Å². The molecule has 0 radical (unpaired) electrons. The Bertz CT molecular complexity index is 1290. The summed E-state index contributed by atoms with van der Waals surface area (Å²) in [5.41, 5.74) is 3.83. The van der Waals surface area contributed by atoms with E-state index >= 15 is 0 Å². The lowest BCUT2D eigenvalue weighted by molar-refractivity contribution is 0.0656. The molecule has 0 spiro atoms. The van der Waals surface area contributed by atoms with Crippen molar-refractivity contribution in [2.24, 2.45) is 5.92 Å². The fourth-order valence-electron chi connectivity index (χ4n) is 4.33. The lowest BCUT2D eigenvalue weighted by atomic mass is 9.94. The molecule has 1 atom stereocenters. The topological polar surface area (TPSA) is 102 Å². The molecule has 1 fully saturated rings. The number of nitrogens with zero attached hydrogens (tertiary/aromatic N) is 7. The molecular weight excluding hydrogens is 406 g/mol. The number of aromatic nitrogens is 6. The van der Waals surface area contributed by atoms with Crippen LogP contribution in [0.4, 0.5) is 0 Å². The Balaban J connectivity index is 1.29. The highest BCUT2D eigenvalue weighted by atomic mass is 16.5. The third-order valence-electron chi connectivity index (χ3n) is 5.93. The van der Waals surface area contributed by atoms with Gasteiger partial charge in [-0.3, -0.25) is 4.79 Å². The van der Waals surface area contributed by atoms with Crippen molar-refractivity contribution in [2.75, 3.05) is 13.1 Å². The van der Waals surface area contributed by atoms with Gasteiger partial charge < -0.3 is 9.42 Å². The summed E-state index contributed by atoms with van der Waals surface area (Å²) in [6.45, 7) is 7.16. The number of fused-ring (bicyclic) bond motifs is 1. The Kier molecular flexibility index (Phi) is 5.16. The van der Waals surface area contributed by atoms with Crippen molar-refractivity contribution >= 4 is 11.7 Å². The first-order valence-corrected chi connectivity index (χ1v) is 10.9. The van der Waals surface area contributed by atoms with Crippen molar-refractivity contribution in [2.45, 2.75) is 40.0 Å². The van der Waals surface area contributed by atoms with E-state index in [9.17, 15) is 4.79 Å². The zero-order valence-electron chi connectivity index (χ0n) is 18.4. The van der Waals surface area contributed by atoms with Crippen LogP contribution in [0.3, 0.4) is 0 Å². The second kappa shape index (κ2) is 8.14. The number of amides is 1. The Hall–Kier alpha value is -3.62. The maximum absolute atomic E-state index is 13.1. The minimum atomic E-state index is -0.164. The molecule has 4 aromatic rings. The van der Waals surface area contributed by atoms with E-state index in [1.54, 1.807) is 4.52 Å². The molecule has 1 aliphatic rings. The first-order chi connectivity index (χ1) is 15.5. The molecule has 3 aromatic heterocycles. The number of piperidine rings is 1. The van der Waals surface area contributed by atoms with Crippen LogP contribution in [0.15, 0.2) is 34.9 Å². The van der Waals surface area contributed by atoms with Crippen LogP contribution in [0.2, 0.25) is 0 Å². The third kappa shape index (κ3) is 3.86. The van der Waals surface area contributed by atoms with Gasteiger partial charge in [0.05, 0.1) is 0 Å². The summed E-state index contributed by atoms with van der Waals surface area (Å²) in [7, 11) is 0. The van der Waals surface area contributed by atoms with Gasteiger partial charge in [-0.15, -0.1) is 5.10 Å². The van der Waals surface area contributed by atoms with Gasteiger partial charge in [0.15, 0.2) is 0 Å². The molecule has 9 heteroatoms. The molecule has 0 saturated carbocycles. The average Bonchev–Trinajstić information content (AvgIpc) is 3.41. The minimum absolute atomic E-state index is 0.164. The summed E-state index contributed by atoms with van der Waals surface area (Å²) < 4.78 is 7.14. The Morgan fingerprint density at radius 1 is 1.16 bits per heavy atom. The predicted molar refractivity (Wildman–Crippen MR) is 117 cm³/mol. The molecule has 1 aliphatic heterocycles. The average molecular weight is 432 g/mol. The molecule has 9 nitrogen and oxygen atoms in total. The van der Waals surface area contributed by atoms with Gasteiger partial charge in [0, 0.05) is 36.5 Å². The molecule has 0 aliphatic carbocycles. The summed E-state index contributed by atoms with van der Waals surface area (Å²) in [5.74, 6) is 1.93. The lowest BCUT2D eigenvalue weighted by Crippen LogP contribution is -2.41. The second-order valence-corrected chi connectivity index (χ2v) is 8.48. The van der Waals surface area contributed by atoms with E-state index in [2.05, 4.69) is 25.2 Å². The normalized spacial score (nSPS) is 16.6. The monoisotopic (exact) mass is 431 g/mol. The zero-order chi connectivity index (χ0) is 22.2. The maximum Gasteiger partial charge on any atom is 0.293 e. The summed E-state index contributed by atoms with van der Waals surface area (Å²) in [4.78, 5) is 28.3. The van der Waals surface area contributed by atoms with Crippen LogP contribution < -0.4 is 0 Å². The van der Waals surface area contributed by atoms with Crippen molar-refractivity contribution < 1.29 is 9.32 Å². The fourth-order valence-corrected chi connectivity index (χ4v) is 4.33. The van der Waals surface area contributed by atoms with E-state index in [1.807, 2.05) is 56.0 Å². The SMILES string of the molecule is Cc1cc(C)n2nc(C(=O)N3CCC[C@H](Cc4nc(-c5ccccc5C)no4)C3)nc2n1. The van der Waals surface area contributed by atoms with Crippen LogP contribution in [0.5, 0.6) is 0 Å². The zero-order valence-corrected chi connectivity index (χ0v) is 18.4. The van der Waals surface area contributed by atoms with E-state index in [4.69, 9.17) is 4.52 Å². The van der Waals surface area contributed by atoms with Crippen molar-refractivity contribution in [3.63, 3.8) is 0 Å². The highest BCUT2D eigenvalue weighted by molar-refractivity contribution is 5.91. The number of hydrogen-bond acceptors (Lipinski definition) is 7. The molecular formula is C23H25N7O2. The number of likely N-dealkylation sites (tertiary alicyclic amines) is 1. The van der Waals surface area contributed by atoms with Crippen LogP contribution >= 0.6 is 0 Å². The highest BCUT2D eigenvalue weighted by Crippen LogP contribution is 2.24. The van der Waals surface area contributed by atoms with Gasteiger partial charge in [-0.25, -0.2) is 9.50 Å². The Morgan fingerprint density at radius 2 is 2.00 bits per heavy atom. The molecule has 1 saturated heterocycles. The molecule has 5 rings (SSSR count). The van der Waals surface area contributed by atoms with Gasteiger partial charge in [-0.2, -0.15) is 9.97 Å². The highest BCUT2D eigenvalue weighted by Gasteiger charge is 2.28. The standard InChI is InChI=1S/C23H25N7O2/c1-14-7-4-5-9-18(14)20-25-19(32-28-20)12-17-8-6-10-29(13-17)22(31)21-26-23-24-15(2)11-16(3)30(23)27-21/h4-5,7,9,11,17H,6,8,10,12-13H2,1-3H3/t17-/m1/s1. The van der Waals surface area contributed by atoms with E-state index in [0.717, 1.165) is 35.4 Å². The second-order valence-electron chi connectivity index (χ2n) is 8.48. The molecule has 32 heavy (non-hydrogen) atoms. The van der Waals surface area contributed by atoms with Gasteiger partial charge in [0.2, 0.25) is 17.5 Å². The lowest BCUT2D eigenvalue weighted by Gasteiger charge is -2.31. The first-order valence-electron chi connectivity index (χ1n) is 10.9. The van der Waals surface area contributed by atoms with Gasteiger partial charge in [-0.1, -0.05) is 29.4 Å². The molecule has 0 unspecified atom stereocenters. The molecule has 0 bridgehead atoms. The number of aryl methyl sites for hydroxylation is 3. The van der Waals surface area contributed by atoms with Crippen molar-refractivity contribution in [3.8, 4) is 11.4 Å². The number of hydrogen-bond donors (Lipinski definition) is 0. The number of rotatable bonds is 4. The number of benzene rings is 1.